The van der Waals surface area contributed by atoms with Crippen LogP contribution in [0.3, 0.4) is 0 Å². The molecule has 0 radical (unpaired) electrons. The summed E-state index contributed by atoms with van der Waals surface area (Å²) in [6.07, 6.45) is 0. The molecular formula is C17H20N2O4S. The van der Waals surface area contributed by atoms with Crippen LogP contribution in [0.4, 0.5) is 5.82 Å². The van der Waals surface area contributed by atoms with E-state index in [-0.39, 0.29) is 24.2 Å². The molecule has 1 N–H and O–H groups in total. The third-order valence-electron chi connectivity index (χ3n) is 3.22. The summed E-state index contributed by atoms with van der Waals surface area (Å²) < 4.78 is 10.1. The Morgan fingerprint density at radius 1 is 1.29 bits per heavy atom. The molecule has 1 heterocycles. The van der Waals surface area contributed by atoms with E-state index in [1.165, 1.54) is 11.8 Å². The summed E-state index contributed by atoms with van der Waals surface area (Å²) in [6.45, 7) is 5.70. The standard InChI is InChI=1S/C17H20N2O4S/c1-11-4-6-14(7-5-11)9-22-16(20)10-24-13(3)17(21)18-15-8-12(2)23-19-15/h4-8,13H,9-10H2,1-3H3,(H,18,19,21)/t13-/m0/s1. The molecule has 0 aliphatic rings. The fourth-order valence-electron chi connectivity index (χ4n) is 1.81. The number of esters is 1. The van der Waals surface area contributed by atoms with E-state index in [0.29, 0.717) is 11.6 Å². The van der Waals surface area contributed by atoms with Gasteiger partial charge in [0.1, 0.15) is 12.4 Å². The molecule has 2 aromatic rings. The molecular weight excluding hydrogens is 328 g/mol. The second kappa shape index (κ2) is 8.54. The maximum atomic E-state index is 12.0. The highest BCUT2D eigenvalue weighted by Gasteiger charge is 2.17. The van der Waals surface area contributed by atoms with Crippen LogP contribution in [0.25, 0.3) is 0 Å². The van der Waals surface area contributed by atoms with Crippen LogP contribution in [0.5, 0.6) is 0 Å². The number of aromatic nitrogens is 1. The van der Waals surface area contributed by atoms with Crippen molar-refractivity contribution in [2.24, 2.45) is 0 Å². The molecule has 1 aromatic heterocycles. The summed E-state index contributed by atoms with van der Waals surface area (Å²) in [5, 5.41) is 5.92. The molecule has 1 aromatic carbocycles. The van der Waals surface area contributed by atoms with Crippen LogP contribution in [0, 0.1) is 13.8 Å². The van der Waals surface area contributed by atoms with Crippen LogP contribution in [-0.4, -0.2) is 28.0 Å². The fraction of sp³-hybridized carbons (Fsp3) is 0.353. The molecule has 0 fully saturated rings. The van der Waals surface area contributed by atoms with Gasteiger partial charge in [0.2, 0.25) is 5.91 Å². The quantitative estimate of drug-likeness (QED) is 0.774. The highest BCUT2D eigenvalue weighted by Crippen LogP contribution is 2.15. The number of hydrogen-bond donors (Lipinski definition) is 1. The number of thioether (sulfide) groups is 1. The van der Waals surface area contributed by atoms with E-state index in [9.17, 15) is 9.59 Å². The van der Waals surface area contributed by atoms with Crippen LogP contribution >= 0.6 is 11.8 Å². The van der Waals surface area contributed by atoms with Gasteiger partial charge in [-0.25, -0.2) is 0 Å². The van der Waals surface area contributed by atoms with Gasteiger partial charge in [0, 0.05) is 6.07 Å². The molecule has 0 unspecified atom stereocenters. The number of aryl methyl sites for hydroxylation is 2. The lowest BCUT2D eigenvalue weighted by molar-refractivity contribution is -0.141. The average molecular weight is 348 g/mol. The topological polar surface area (TPSA) is 81.4 Å². The molecule has 7 heteroatoms. The van der Waals surface area contributed by atoms with Crippen LogP contribution in [0.15, 0.2) is 34.9 Å². The van der Waals surface area contributed by atoms with Crippen molar-refractivity contribution in [2.75, 3.05) is 11.1 Å². The van der Waals surface area contributed by atoms with Gasteiger partial charge in [-0.15, -0.1) is 11.8 Å². The van der Waals surface area contributed by atoms with Gasteiger partial charge in [0.25, 0.3) is 0 Å². The minimum absolute atomic E-state index is 0.109. The van der Waals surface area contributed by atoms with Crippen molar-refractivity contribution in [1.29, 1.82) is 0 Å². The molecule has 128 valence electrons. The lowest BCUT2D eigenvalue weighted by Gasteiger charge is -2.10. The van der Waals surface area contributed by atoms with Crippen LogP contribution < -0.4 is 5.32 Å². The van der Waals surface area contributed by atoms with E-state index < -0.39 is 5.25 Å². The number of rotatable bonds is 7. The number of anilines is 1. The third kappa shape index (κ3) is 5.73. The van der Waals surface area contributed by atoms with E-state index in [0.717, 1.165) is 11.1 Å². The normalized spacial score (nSPS) is 11.8. The Bertz CT molecular complexity index is 697. The van der Waals surface area contributed by atoms with Crippen molar-refractivity contribution >= 4 is 29.5 Å². The number of nitrogens with zero attached hydrogens (tertiary/aromatic N) is 1. The molecule has 1 amide bonds. The summed E-state index contributed by atoms with van der Waals surface area (Å²) in [6, 6.07) is 9.41. The summed E-state index contributed by atoms with van der Waals surface area (Å²) in [5.41, 5.74) is 2.09. The zero-order valence-electron chi connectivity index (χ0n) is 13.9. The Morgan fingerprint density at radius 3 is 2.62 bits per heavy atom. The monoisotopic (exact) mass is 348 g/mol. The van der Waals surface area contributed by atoms with E-state index in [1.54, 1.807) is 19.9 Å². The maximum Gasteiger partial charge on any atom is 0.316 e. The molecule has 6 nitrogen and oxygen atoms in total. The predicted molar refractivity (Wildman–Crippen MR) is 92.8 cm³/mol. The number of carbonyl (C=O) groups is 2. The van der Waals surface area contributed by atoms with Crippen LogP contribution in [-0.2, 0) is 20.9 Å². The summed E-state index contributed by atoms with van der Waals surface area (Å²) in [5.74, 6) is 0.507. The number of ether oxygens (including phenoxy) is 1. The van der Waals surface area contributed by atoms with Gasteiger partial charge in [0.15, 0.2) is 5.82 Å². The molecule has 0 saturated heterocycles. The Hall–Kier alpha value is -2.28. The first kappa shape index (κ1) is 18.1. The van der Waals surface area contributed by atoms with E-state index in [1.807, 2.05) is 31.2 Å². The number of benzene rings is 1. The number of amides is 1. The van der Waals surface area contributed by atoms with E-state index in [4.69, 9.17) is 9.26 Å². The first-order valence-corrected chi connectivity index (χ1v) is 8.56. The maximum absolute atomic E-state index is 12.0. The molecule has 2 rings (SSSR count). The predicted octanol–water partition coefficient (Wildman–Crippen LogP) is 3.10. The van der Waals surface area contributed by atoms with Crippen LogP contribution in [0.1, 0.15) is 23.8 Å². The van der Waals surface area contributed by atoms with Crippen LogP contribution in [0.2, 0.25) is 0 Å². The van der Waals surface area contributed by atoms with Crippen molar-refractivity contribution in [3.05, 3.63) is 47.2 Å². The fourth-order valence-corrected chi connectivity index (χ4v) is 2.49. The molecule has 0 aliphatic heterocycles. The van der Waals surface area contributed by atoms with Gasteiger partial charge >= 0.3 is 5.97 Å². The Morgan fingerprint density at radius 2 is 2.00 bits per heavy atom. The average Bonchev–Trinajstić information content (AvgIpc) is 2.96. The van der Waals surface area contributed by atoms with Crippen molar-refractivity contribution in [1.82, 2.24) is 5.16 Å². The molecule has 1 atom stereocenters. The second-order valence-corrected chi connectivity index (χ2v) is 6.74. The highest BCUT2D eigenvalue weighted by molar-refractivity contribution is 8.01. The smallest absolute Gasteiger partial charge is 0.316 e. The lowest BCUT2D eigenvalue weighted by atomic mass is 10.2. The number of nitrogens with one attached hydrogen (secondary N) is 1. The molecule has 24 heavy (non-hydrogen) atoms. The summed E-state index contributed by atoms with van der Waals surface area (Å²) in [4.78, 5) is 23.7. The van der Waals surface area contributed by atoms with Crippen molar-refractivity contribution in [3.8, 4) is 0 Å². The number of hydrogen-bond acceptors (Lipinski definition) is 6. The summed E-state index contributed by atoms with van der Waals surface area (Å²) >= 11 is 1.21. The van der Waals surface area contributed by atoms with Crippen molar-refractivity contribution in [3.63, 3.8) is 0 Å². The summed E-state index contributed by atoms with van der Waals surface area (Å²) in [7, 11) is 0. The molecule has 0 saturated carbocycles. The molecule has 0 bridgehead atoms. The van der Waals surface area contributed by atoms with Gasteiger partial charge in [-0.3, -0.25) is 9.59 Å². The first-order chi connectivity index (χ1) is 11.4. The minimum Gasteiger partial charge on any atom is -0.460 e. The van der Waals surface area contributed by atoms with Crippen molar-refractivity contribution in [2.45, 2.75) is 32.6 Å². The Balaban J connectivity index is 1.70. The van der Waals surface area contributed by atoms with Gasteiger partial charge in [-0.2, -0.15) is 0 Å². The minimum atomic E-state index is -0.408. The lowest BCUT2D eigenvalue weighted by Crippen LogP contribution is -2.24. The first-order valence-electron chi connectivity index (χ1n) is 7.51. The number of carbonyl (C=O) groups excluding carboxylic acids is 2. The largest absolute Gasteiger partial charge is 0.460 e. The Labute approximate surface area is 144 Å². The van der Waals surface area contributed by atoms with Gasteiger partial charge in [-0.1, -0.05) is 35.0 Å². The van der Waals surface area contributed by atoms with Gasteiger partial charge in [0.05, 0.1) is 11.0 Å². The molecule has 0 aliphatic carbocycles. The molecule has 0 spiro atoms. The van der Waals surface area contributed by atoms with E-state index >= 15 is 0 Å². The van der Waals surface area contributed by atoms with Gasteiger partial charge in [-0.05, 0) is 26.3 Å². The highest BCUT2D eigenvalue weighted by atomic mass is 32.2. The zero-order valence-corrected chi connectivity index (χ0v) is 14.7. The van der Waals surface area contributed by atoms with Crippen molar-refractivity contribution < 1.29 is 18.8 Å². The van der Waals surface area contributed by atoms with E-state index in [2.05, 4.69) is 10.5 Å². The van der Waals surface area contributed by atoms with Gasteiger partial charge < -0.3 is 14.6 Å². The second-order valence-electron chi connectivity index (χ2n) is 5.41. The zero-order chi connectivity index (χ0) is 17.5. The Kier molecular flexibility index (Phi) is 6.43. The third-order valence-corrected chi connectivity index (χ3v) is 4.34. The SMILES string of the molecule is Cc1ccc(COC(=O)CS[C@@H](C)C(=O)Nc2cc(C)on2)cc1.